The van der Waals surface area contributed by atoms with E-state index in [-0.39, 0.29) is 30.6 Å². The van der Waals surface area contributed by atoms with Crippen LogP contribution in [0.2, 0.25) is 0 Å². The fraction of sp³-hybridized carbons (Fsp3) is 0.875. The number of carbonyl (C=O) groups excluding carboxylic acids is 2. The van der Waals surface area contributed by atoms with Crippen LogP contribution in [0, 0.1) is 0 Å². The number of hydrogen-bond donors (Lipinski definition) is 2. The number of nitrogens with two attached hydrogens (primary N) is 1. The quantitative estimate of drug-likeness (QED) is 0.831. The maximum Gasteiger partial charge on any atom is 0.407 e. The van der Waals surface area contributed by atoms with Gasteiger partial charge in [-0.25, -0.2) is 4.79 Å². The molecule has 1 saturated carbocycles. The molecule has 0 aromatic heterocycles. The molecule has 0 aromatic carbocycles. The summed E-state index contributed by atoms with van der Waals surface area (Å²) in [6.45, 7) is 9.46. The molecule has 1 aliphatic carbocycles. The van der Waals surface area contributed by atoms with Crippen molar-refractivity contribution in [2.75, 3.05) is 6.54 Å². The molecule has 0 bridgehead atoms. The van der Waals surface area contributed by atoms with E-state index < -0.39 is 11.7 Å². The highest BCUT2D eigenvalue weighted by molar-refractivity contribution is 5.79. The minimum atomic E-state index is -0.529. The number of ether oxygens (including phenoxy) is 1. The number of amides is 2. The number of nitrogens with zero attached hydrogens (tertiary/aromatic N) is 1. The Morgan fingerprint density at radius 1 is 1.27 bits per heavy atom. The van der Waals surface area contributed by atoms with Crippen molar-refractivity contribution in [1.82, 2.24) is 10.2 Å². The van der Waals surface area contributed by atoms with Gasteiger partial charge in [-0.3, -0.25) is 4.79 Å². The highest BCUT2D eigenvalue weighted by atomic mass is 16.6. The third-order valence-electron chi connectivity index (χ3n) is 3.81. The van der Waals surface area contributed by atoms with Crippen LogP contribution in [-0.2, 0) is 9.53 Å². The summed E-state index contributed by atoms with van der Waals surface area (Å²) in [6, 6.07) is -0.0408. The van der Waals surface area contributed by atoms with Gasteiger partial charge in [-0.05, 0) is 47.5 Å². The highest BCUT2D eigenvalue weighted by Crippen LogP contribution is 2.25. The lowest BCUT2D eigenvalue weighted by molar-refractivity contribution is -0.135. The van der Waals surface area contributed by atoms with Gasteiger partial charge in [-0.2, -0.15) is 0 Å². The van der Waals surface area contributed by atoms with E-state index >= 15 is 0 Å². The van der Waals surface area contributed by atoms with Crippen LogP contribution < -0.4 is 11.1 Å². The minimum Gasteiger partial charge on any atom is -0.444 e. The van der Waals surface area contributed by atoms with Crippen LogP contribution in [0.1, 0.15) is 60.3 Å². The van der Waals surface area contributed by atoms with Crippen molar-refractivity contribution in [2.24, 2.45) is 5.73 Å². The summed E-state index contributed by atoms with van der Waals surface area (Å²) in [6.07, 6.45) is 3.40. The molecular formula is C16H31N3O3. The summed E-state index contributed by atoms with van der Waals surface area (Å²) in [7, 11) is 0. The Bertz CT molecular complexity index is 391. The number of hydrogen-bond acceptors (Lipinski definition) is 4. The molecule has 2 atom stereocenters. The molecule has 0 aliphatic heterocycles. The van der Waals surface area contributed by atoms with Gasteiger partial charge in [0, 0.05) is 6.04 Å². The number of nitrogens with one attached hydrogen (secondary N) is 1. The van der Waals surface area contributed by atoms with E-state index in [2.05, 4.69) is 5.32 Å². The van der Waals surface area contributed by atoms with E-state index in [1.807, 2.05) is 39.5 Å². The van der Waals surface area contributed by atoms with Crippen molar-refractivity contribution >= 4 is 12.0 Å². The Hall–Kier alpha value is -1.30. The molecule has 0 aromatic rings. The summed E-state index contributed by atoms with van der Waals surface area (Å²) >= 11 is 0. The fourth-order valence-corrected chi connectivity index (χ4v) is 3.03. The van der Waals surface area contributed by atoms with Crippen LogP contribution in [0.15, 0.2) is 0 Å². The van der Waals surface area contributed by atoms with Gasteiger partial charge in [0.2, 0.25) is 5.91 Å². The van der Waals surface area contributed by atoms with Crippen LogP contribution >= 0.6 is 0 Å². The second-order valence-electron chi connectivity index (χ2n) is 7.20. The average molecular weight is 313 g/mol. The zero-order chi connectivity index (χ0) is 16.9. The van der Waals surface area contributed by atoms with Crippen molar-refractivity contribution in [3.05, 3.63) is 0 Å². The molecule has 3 N–H and O–H groups in total. The van der Waals surface area contributed by atoms with E-state index in [4.69, 9.17) is 10.5 Å². The number of carbonyl (C=O) groups is 2. The fourth-order valence-electron chi connectivity index (χ4n) is 3.03. The van der Waals surface area contributed by atoms with E-state index in [0.29, 0.717) is 0 Å². The first-order valence-electron chi connectivity index (χ1n) is 8.16. The Morgan fingerprint density at radius 3 is 2.36 bits per heavy atom. The molecule has 22 heavy (non-hydrogen) atoms. The Kier molecular flexibility index (Phi) is 6.66. The van der Waals surface area contributed by atoms with Crippen LogP contribution in [0.4, 0.5) is 4.79 Å². The lowest BCUT2D eigenvalue weighted by Gasteiger charge is -2.42. The minimum absolute atomic E-state index is 0.00611. The van der Waals surface area contributed by atoms with Crippen molar-refractivity contribution in [2.45, 2.75) is 84.0 Å². The van der Waals surface area contributed by atoms with Crippen LogP contribution in [-0.4, -0.2) is 47.2 Å². The summed E-state index contributed by atoms with van der Waals surface area (Å²) in [4.78, 5) is 26.0. The van der Waals surface area contributed by atoms with Gasteiger partial charge in [0.25, 0.3) is 0 Å². The molecule has 1 aliphatic rings. The number of rotatable bonds is 4. The highest BCUT2D eigenvalue weighted by Gasteiger charge is 2.35. The SMILES string of the molecule is CC(C)N(C(=O)CN)[C@@H]1CCCC[C@@H]1NC(=O)OC(C)(C)C. The molecular weight excluding hydrogens is 282 g/mol. The van der Waals surface area contributed by atoms with Crippen molar-refractivity contribution < 1.29 is 14.3 Å². The largest absolute Gasteiger partial charge is 0.444 e. The van der Waals surface area contributed by atoms with Gasteiger partial charge < -0.3 is 20.7 Å². The smallest absolute Gasteiger partial charge is 0.407 e. The Morgan fingerprint density at radius 2 is 1.86 bits per heavy atom. The van der Waals surface area contributed by atoms with Gasteiger partial charge in [0.1, 0.15) is 5.60 Å². The first-order chi connectivity index (χ1) is 10.2. The van der Waals surface area contributed by atoms with Crippen LogP contribution in [0.25, 0.3) is 0 Å². The predicted molar refractivity (Wildman–Crippen MR) is 86.5 cm³/mol. The first-order valence-corrected chi connectivity index (χ1v) is 8.16. The summed E-state index contributed by atoms with van der Waals surface area (Å²) in [5, 5.41) is 2.94. The van der Waals surface area contributed by atoms with Crippen molar-refractivity contribution in [3.8, 4) is 0 Å². The lowest BCUT2D eigenvalue weighted by atomic mass is 9.88. The lowest BCUT2D eigenvalue weighted by Crippen LogP contribution is -2.58. The Labute approximate surface area is 133 Å². The molecule has 0 saturated heterocycles. The zero-order valence-electron chi connectivity index (χ0n) is 14.5. The Balaban J connectivity index is 2.81. The van der Waals surface area contributed by atoms with E-state index in [9.17, 15) is 9.59 Å². The molecule has 6 heteroatoms. The summed E-state index contributed by atoms with van der Waals surface area (Å²) in [5.41, 5.74) is 5.02. The standard InChI is InChI=1S/C16H31N3O3/c1-11(2)19(14(20)10-17)13-9-7-6-8-12(13)18-15(21)22-16(3,4)5/h11-13H,6-10,17H2,1-5H3,(H,18,21)/t12-,13+/m0/s1. The van der Waals surface area contributed by atoms with Crippen molar-refractivity contribution in [3.63, 3.8) is 0 Å². The average Bonchev–Trinajstić information content (AvgIpc) is 2.38. The first kappa shape index (κ1) is 18.7. The topological polar surface area (TPSA) is 84.7 Å². The van der Waals surface area contributed by atoms with E-state index in [1.165, 1.54) is 0 Å². The molecule has 6 nitrogen and oxygen atoms in total. The second-order valence-corrected chi connectivity index (χ2v) is 7.20. The third-order valence-corrected chi connectivity index (χ3v) is 3.81. The zero-order valence-corrected chi connectivity index (χ0v) is 14.5. The summed E-state index contributed by atoms with van der Waals surface area (Å²) < 4.78 is 5.34. The second kappa shape index (κ2) is 7.81. The molecule has 0 radical (unpaired) electrons. The molecule has 2 amide bonds. The maximum absolute atomic E-state index is 12.2. The van der Waals surface area contributed by atoms with E-state index in [1.54, 1.807) is 0 Å². The maximum atomic E-state index is 12.2. The molecule has 0 spiro atoms. The van der Waals surface area contributed by atoms with Gasteiger partial charge >= 0.3 is 6.09 Å². The van der Waals surface area contributed by atoms with Gasteiger partial charge in [0.05, 0.1) is 18.6 Å². The third kappa shape index (κ3) is 5.48. The molecule has 128 valence electrons. The molecule has 0 unspecified atom stereocenters. The van der Waals surface area contributed by atoms with Gasteiger partial charge in [0.15, 0.2) is 0 Å². The van der Waals surface area contributed by atoms with Gasteiger partial charge in [-0.1, -0.05) is 12.8 Å². The molecule has 1 fully saturated rings. The van der Waals surface area contributed by atoms with Crippen molar-refractivity contribution in [1.29, 1.82) is 0 Å². The van der Waals surface area contributed by atoms with E-state index in [0.717, 1.165) is 25.7 Å². The molecule has 1 rings (SSSR count). The normalized spacial score (nSPS) is 22.3. The van der Waals surface area contributed by atoms with Crippen LogP contribution in [0.3, 0.4) is 0 Å². The predicted octanol–water partition coefficient (Wildman–Crippen LogP) is 2.02. The monoisotopic (exact) mass is 313 g/mol. The summed E-state index contributed by atoms with van der Waals surface area (Å²) in [5.74, 6) is -0.0714. The molecule has 0 heterocycles. The van der Waals surface area contributed by atoms with Crippen LogP contribution in [0.5, 0.6) is 0 Å². The number of alkyl carbamates (subject to hydrolysis) is 1. The van der Waals surface area contributed by atoms with Gasteiger partial charge in [-0.15, -0.1) is 0 Å².